The number of rotatable bonds is 4. The van der Waals surface area contributed by atoms with Crippen LogP contribution < -0.4 is 5.73 Å². The van der Waals surface area contributed by atoms with E-state index >= 15 is 0 Å². The SMILES string of the molecule is Cc1ccc(C(F)C(CN)C(C)C)cc1F. The van der Waals surface area contributed by atoms with Gasteiger partial charge < -0.3 is 5.73 Å². The van der Waals surface area contributed by atoms with Gasteiger partial charge in [-0.25, -0.2) is 8.78 Å². The van der Waals surface area contributed by atoms with Crippen LogP contribution in [0.5, 0.6) is 0 Å². The fourth-order valence-electron chi connectivity index (χ4n) is 1.76. The summed E-state index contributed by atoms with van der Waals surface area (Å²) in [7, 11) is 0. The molecular weight excluding hydrogens is 208 g/mol. The molecule has 0 amide bonds. The number of nitrogens with two attached hydrogens (primary N) is 1. The van der Waals surface area contributed by atoms with E-state index in [0.717, 1.165) is 0 Å². The van der Waals surface area contributed by atoms with E-state index in [1.807, 2.05) is 13.8 Å². The van der Waals surface area contributed by atoms with Gasteiger partial charge in [-0.2, -0.15) is 0 Å². The van der Waals surface area contributed by atoms with Crippen molar-refractivity contribution in [2.45, 2.75) is 26.9 Å². The fraction of sp³-hybridized carbons (Fsp3) is 0.538. The van der Waals surface area contributed by atoms with Crippen LogP contribution in [-0.4, -0.2) is 6.54 Å². The zero-order chi connectivity index (χ0) is 12.3. The van der Waals surface area contributed by atoms with Crippen molar-refractivity contribution in [2.24, 2.45) is 17.6 Å². The van der Waals surface area contributed by atoms with Crippen LogP contribution in [0.3, 0.4) is 0 Å². The Kier molecular flexibility index (Phi) is 4.42. The van der Waals surface area contributed by atoms with Gasteiger partial charge in [0.1, 0.15) is 12.0 Å². The molecule has 0 saturated carbocycles. The Labute approximate surface area is 95.7 Å². The molecule has 2 unspecified atom stereocenters. The maximum absolute atomic E-state index is 14.1. The molecule has 0 aliphatic heterocycles. The van der Waals surface area contributed by atoms with Crippen molar-refractivity contribution < 1.29 is 8.78 Å². The minimum absolute atomic E-state index is 0.143. The molecule has 0 aliphatic rings. The first-order chi connectivity index (χ1) is 7.47. The summed E-state index contributed by atoms with van der Waals surface area (Å²) in [5.74, 6) is -0.480. The Morgan fingerprint density at radius 3 is 2.38 bits per heavy atom. The summed E-state index contributed by atoms with van der Waals surface area (Å²) in [6.07, 6.45) is -1.19. The van der Waals surface area contributed by atoms with Crippen LogP contribution in [0.25, 0.3) is 0 Å². The van der Waals surface area contributed by atoms with E-state index in [-0.39, 0.29) is 24.2 Å². The zero-order valence-corrected chi connectivity index (χ0v) is 10.0. The lowest BCUT2D eigenvalue weighted by molar-refractivity contribution is 0.188. The van der Waals surface area contributed by atoms with E-state index in [4.69, 9.17) is 5.73 Å². The molecule has 90 valence electrons. The molecule has 2 atom stereocenters. The number of benzene rings is 1. The second kappa shape index (κ2) is 5.39. The standard InChI is InChI=1S/C13H19F2N/c1-8(2)11(7-16)13(15)10-5-4-9(3)12(14)6-10/h4-6,8,11,13H,7,16H2,1-3H3. The van der Waals surface area contributed by atoms with E-state index in [1.165, 1.54) is 6.07 Å². The van der Waals surface area contributed by atoms with Crippen molar-refractivity contribution in [3.05, 3.63) is 35.1 Å². The van der Waals surface area contributed by atoms with Gasteiger partial charge in [-0.3, -0.25) is 0 Å². The number of aryl methyl sites for hydroxylation is 1. The predicted molar refractivity (Wildman–Crippen MR) is 62.4 cm³/mol. The first kappa shape index (κ1) is 13.1. The number of alkyl halides is 1. The maximum Gasteiger partial charge on any atom is 0.129 e. The first-order valence-corrected chi connectivity index (χ1v) is 5.57. The molecule has 1 aromatic carbocycles. The summed E-state index contributed by atoms with van der Waals surface area (Å²) >= 11 is 0. The minimum atomic E-state index is -1.19. The third kappa shape index (κ3) is 2.79. The van der Waals surface area contributed by atoms with Crippen molar-refractivity contribution in [3.63, 3.8) is 0 Å². The highest BCUT2D eigenvalue weighted by Crippen LogP contribution is 2.31. The van der Waals surface area contributed by atoms with Gasteiger partial charge in [-0.15, -0.1) is 0 Å². The summed E-state index contributed by atoms with van der Waals surface area (Å²) in [4.78, 5) is 0. The van der Waals surface area contributed by atoms with E-state index in [2.05, 4.69) is 0 Å². The first-order valence-electron chi connectivity index (χ1n) is 5.57. The quantitative estimate of drug-likeness (QED) is 0.838. The van der Waals surface area contributed by atoms with Crippen LogP contribution in [0.4, 0.5) is 8.78 Å². The highest BCUT2D eigenvalue weighted by molar-refractivity contribution is 5.25. The molecule has 16 heavy (non-hydrogen) atoms. The van der Waals surface area contributed by atoms with Crippen molar-refractivity contribution in [3.8, 4) is 0 Å². The lowest BCUT2D eigenvalue weighted by Gasteiger charge is -2.23. The molecule has 0 aromatic heterocycles. The Morgan fingerprint density at radius 1 is 1.31 bits per heavy atom. The van der Waals surface area contributed by atoms with E-state index in [1.54, 1.807) is 19.1 Å². The molecule has 0 bridgehead atoms. The molecule has 2 N–H and O–H groups in total. The largest absolute Gasteiger partial charge is 0.330 e. The summed E-state index contributed by atoms with van der Waals surface area (Å²) in [5.41, 5.74) is 6.46. The molecule has 0 spiro atoms. The normalized spacial score (nSPS) is 15.2. The Hall–Kier alpha value is -0.960. The summed E-state index contributed by atoms with van der Waals surface area (Å²) in [6.45, 7) is 5.78. The van der Waals surface area contributed by atoms with Gasteiger partial charge in [0, 0.05) is 5.92 Å². The van der Waals surface area contributed by atoms with Gasteiger partial charge in [0.15, 0.2) is 0 Å². The molecule has 1 nitrogen and oxygen atoms in total. The molecule has 0 radical (unpaired) electrons. The molecule has 3 heteroatoms. The number of hydrogen-bond donors (Lipinski definition) is 1. The second-order valence-electron chi connectivity index (χ2n) is 4.55. The van der Waals surface area contributed by atoms with Gasteiger partial charge in [-0.05, 0) is 36.6 Å². The van der Waals surface area contributed by atoms with Crippen LogP contribution >= 0.6 is 0 Å². The molecule has 1 aromatic rings. The molecule has 0 fully saturated rings. The van der Waals surface area contributed by atoms with Gasteiger partial charge >= 0.3 is 0 Å². The Morgan fingerprint density at radius 2 is 1.94 bits per heavy atom. The van der Waals surface area contributed by atoms with Crippen molar-refractivity contribution in [1.82, 2.24) is 0 Å². The molecule has 0 aliphatic carbocycles. The van der Waals surface area contributed by atoms with Gasteiger partial charge in [0.25, 0.3) is 0 Å². The van der Waals surface area contributed by atoms with E-state index < -0.39 is 6.17 Å². The zero-order valence-electron chi connectivity index (χ0n) is 10.0. The lowest BCUT2D eigenvalue weighted by atomic mass is 9.87. The molecular formula is C13H19F2N. The average Bonchev–Trinajstić information content (AvgIpc) is 2.22. The smallest absolute Gasteiger partial charge is 0.129 e. The van der Waals surface area contributed by atoms with Crippen molar-refractivity contribution in [1.29, 1.82) is 0 Å². The molecule has 0 heterocycles. The van der Waals surface area contributed by atoms with E-state index in [0.29, 0.717) is 11.1 Å². The molecule has 0 saturated heterocycles. The van der Waals surface area contributed by atoms with Crippen LogP contribution in [0.1, 0.15) is 31.1 Å². The predicted octanol–water partition coefficient (Wildman–Crippen LogP) is 3.38. The summed E-state index contributed by atoms with van der Waals surface area (Å²) in [5, 5.41) is 0. The van der Waals surface area contributed by atoms with Gasteiger partial charge in [-0.1, -0.05) is 26.0 Å². The van der Waals surface area contributed by atoms with Crippen LogP contribution in [0.2, 0.25) is 0 Å². The second-order valence-corrected chi connectivity index (χ2v) is 4.55. The monoisotopic (exact) mass is 227 g/mol. The maximum atomic E-state index is 14.1. The van der Waals surface area contributed by atoms with Gasteiger partial charge in [0.05, 0.1) is 0 Å². The highest BCUT2D eigenvalue weighted by atomic mass is 19.1. The number of hydrogen-bond acceptors (Lipinski definition) is 1. The van der Waals surface area contributed by atoms with Crippen molar-refractivity contribution in [2.75, 3.05) is 6.54 Å². The summed E-state index contributed by atoms with van der Waals surface area (Å²) in [6, 6.07) is 4.50. The molecule has 1 rings (SSSR count). The average molecular weight is 227 g/mol. The van der Waals surface area contributed by atoms with E-state index in [9.17, 15) is 8.78 Å². The Balaban J connectivity index is 2.94. The highest BCUT2D eigenvalue weighted by Gasteiger charge is 2.24. The van der Waals surface area contributed by atoms with Crippen LogP contribution in [0.15, 0.2) is 18.2 Å². The fourth-order valence-corrected chi connectivity index (χ4v) is 1.76. The summed E-state index contributed by atoms with van der Waals surface area (Å²) < 4.78 is 27.4. The Bertz CT molecular complexity index is 350. The third-order valence-electron chi connectivity index (χ3n) is 3.02. The number of halogens is 2. The third-order valence-corrected chi connectivity index (χ3v) is 3.02. The topological polar surface area (TPSA) is 26.0 Å². The minimum Gasteiger partial charge on any atom is -0.330 e. The van der Waals surface area contributed by atoms with Crippen LogP contribution in [-0.2, 0) is 0 Å². The lowest BCUT2D eigenvalue weighted by Crippen LogP contribution is -2.24. The van der Waals surface area contributed by atoms with Gasteiger partial charge in [0.2, 0.25) is 0 Å². The van der Waals surface area contributed by atoms with Crippen molar-refractivity contribution >= 4 is 0 Å². The van der Waals surface area contributed by atoms with Crippen LogP contribution in [0, 0.1) is 24.6 Å².